The molecule has 0 bridgehead atoms. The first-order valence-electron chi connectivity index (χ1n) is 32.9. The number of hydrogen-bond donors (Lipinski definition) is 7. The second-order valence-electron chi connectivity index (χ2n) is 26.2. The predicted molar refractivity (Wildman–Crippen MR) is 360 cm³/mol. The lowest BCUT2D eigenvalue weighted by Crippen LogP contribution is -2.59. The summed E-state index contributed by atoms with van der Waals surface area (Å²) in [6.45, 7) is 14.1. The van der Waals surface area contributed by atoms with Gasteiger partial charge in [0.05, 0.1) is 11.6 Å². The number of ether oxygens (including phenoxy) is 2. The lowest BCUT2D eigenvalue weighted by molar-refractivity contribution is -0.142. The van der Waals surface area contributed by atoms with Crippen molar-refractivity contribution in [3.05, 3.63) is 149 Å². The molecule has 4 aliphatic rings. The van der Waals surface area contributed by atoms with E-state index in [1.54, 1.807) is 44.3 Å². The quantitative estimate of drug-likeness (QED) is 0.0148. The number of carbonyl (C=O) groups excluding carboxylic acids is 7. The Balaban J connectivity index is 0.837. The maximum absolute atomic E-state index is 14.9. The average molecular weight is 1290 g/mol. The fourth-order valence-corrected chi connectivity index (χ4v) is 13.2. The standard InChI is InChI=1S/C72H91N9O11S/c1-8-46(2)65(86)76-59(25-16-36-74-70(93)75-50-28-31-56-55(41-50)69(90)92-72(56)57-32-29-53(82)42-60(57)91-61-43-54(83)30-33-58(61)72)67(88)80-37-17-23-51(80)44-78(39-34-48-19-11-9-12-20-48)62(84)26-15-27-63(85)79(40-35-49-21-13-10-14-22-49)45-52-24-18-38-81(52)68(89)64(71(4,5)6)77-66(87)47(3)73-7/h9-14,19-22,28-33,41-43,46-47,51-52,59,64,73,82-83H,8,15-18,23-27,34-40,44-45H2,1-7H3,(H,76,86)(H,77,87)(H2,74,75,93)/t46-,47+,51+,52+,59+,64-/m1/s1. The first-order chi connectivity index (χ1) is 44.6. The largest absolute Gasteiger partial charge is 0.508 e. The number of likely N-dealkylation sites (N-methyl/N-ethyl adjacent to an activating group) is 1. The van der Waals surface area contributed by atoms with Crippen LogP contribution in [0.25, 0.3) is 0 Å². The second-order valence-corrected chi connectivity index (χ2v) is 26.6. The summed E-state index contributed by atoms with van der Waals surface area (Å²) in [5, 5.41) is 36.4. The summed E-state index contributed by atoms with van der Waals surface area (Å²) in [5.74, 6) is -1.58. The summed E-state index contributed by atoms with van der Waals surface area (Å²) in [5.41, 5.74) is 2.47. The van der Waals surface area contributed by atoms with Gasteiger partial charge in [-0.15, -0.1) is 0 Å². The highest BCUT2D eigenvalue weighted by atomic mass is 32.1. The van der Waals surface area contributed by atoms with E-state index in [-0.39, 0.29) is 107 Å². The molecule has 6 atom stereocenters. The Labute approximate surface area is 551 Å². The third kappa shape index (κ3) is 16.6. The molecule has 0 aliphatic carbocycles. The Morgan fingerprint density at radius 1 is 0.699 bits per heavy atom. The monoisotopic (exact) mass is 1290 g/mol. The molecule has 20 nitrogen and oxygen atoms in total. The van der Waals surface area contributed by atoms with Crippen molar-refractivity contribution in [1.29, 1.82) is 0 Å². The lowest BCUT2D eigenvalue weighted by atomic mass is 9.77. The number of aromatic hydroxyl groups is 2. The van der Waals surface area contributed by atoms with E-state index in [1.807, 2.05) is 115 Å². The highest BCUT2D eigenvalue weighted by Gasteiger charge is 2.54. The van der Waals surface area contributed by atoms with Crippen LogP contribution in [-0.2, 0) is 51.9 Å². The van der Waals surface area contributed by atoms with E-state index < -0.39 is 35.1 Å². The number of phenols is 2. The number of carbonyl (C=O) groups is 7. The highest BCUT2D eigenvalue weighted by Crippen LogP contribution is 2.57. The van der Waals surface area contributed by atoms with E-state index >= 15 is 0 Å². The minimum absolute atomic E-state index is 0.0471. The van der Waals surface area contributed by atoms with Gasteiger partial charge in [0.15, 0.2) is 10.7 Å². The molecular formula is C72H91N9O11S. The molecular weight excluding hydrogens is 1200 g/mol. The maximum Gasteiger partial charge on any atom is 0.340 e. The molecule has 0 saturated carbocycles. The number of anilines is 1. The summed E-state index contributed by atoms with van der Waals surface area (Å²) in [6.07, 6.45) is 5.88. The van der Waals surface area contributed by atoms with Gasteiger partial charge in [0, 0.05) is 111 Å². The summed E-state index contributed by atoms with van der Waals surface area (Å²) in [4.78, 5) is 106. The topological polar surface area (TPSA) is 252 Å². The molecule has 496 valence electrons. The fourth-order valence-electron chi connectivity index (χ4n) is 12.9. The number of benzene rings is 5. The molecule has 6 amide bonds. The second kappa shape index (κ2) is 30.9. The van der Waals surface area contributed by atoms with Crippen LogP contribution in [0, 0.1) is 11.3 Å². The van der Waals surface area contributed by atoms with Crippen molar-refractivity contribution in [2.45, 2.75) is 154 Å². The van der Waals surface area contributed by atoms with E-state index in [0.717, 1.165) is 17.5 Å². The minimum atomic E-state index is -1.42. The molecule has 0 radical (unpaired) electrons. The molecule has 1 spiro atoms. The third-order valence-electron chi connectivity index (χ3n) is 18.6. The van der Waals surface area contributed by atoms with Gasteiger partial charge in [-0.05, 0) is 143 Å². The van der Waals surface area contributed by atoms with E-state index in [0.29, 0.717) is 119 Å². The molecule has 7 N–H and O–H groups in total. The van der Waals surface area contributed by atoms with Gasteiger partial charge in [-0.25, -0.2) is 4.79 Å². The molecule has 2 saturated heterocycles. The van der Waals surface area contributed by atoms with Gasteiger partial charge in [0.1, 0.15) is 35.1 Å². The number of likely N-dealkylation sites (tertiary alicyclic amines) is 2. The van der Waals surface area contributed by atoms with E-state index in [2.05, 4.69) is 26.6 Å². The van der Waals surface area contributed by atoms with Crippen LogP contribution in [0.4, 0.5) is 5.69 Å². The number of rotatable bonds is 27. The molecule has 4 heterocycles. The zero-order valence-corrected chi connectivity index (χ0v) is 55.5. The van der Waals surface area contributed by atoms with Gasteiger partial charge in [-0.2, -0.15) is 0 Å². The van der Waals surface area contributed by atoms with E-state index in [9.17, 15) is 43.8 Å². The Kier molecular flexibility index (Phi) is 22.9. The first kappa shape index (κ1) is 68.8. The van der Waals surface area contributed by atoms with Crippen LogP contribution < -0.4 is 31.3 Å². The minimum Gasteiger partial charge on any atom is -0.508 e. The molecule has 93 heavy (non-hydrogen) atoms. The van der Waals surface area contributed by atoms with Crippen LogP contribution in [-0.4, -0.2) is 159 Å². The summed E-state index contributed by atoms with van der Waals surface area (Å²) in [7, 11) is 1.70. The first-order valence-corrected chi connectivity index (χ1v) is 33.3. The van der Waals surface area contributed by atoms with Gasteiger partial charge in [-0.3, -0.25) is 28.8 Å². The molecule has 0 unspecified atom stereocenters. The Morgan fingerprint density at radius 3 is 1.76 bits per heavy atom. The number of nitrogens with zero attached hydrogens (tertiary/aromatic N) is 4. The zero-order valence-electron chi connectivity index (χ0n) is 54.6. The van der Waals surface area contributed by atoms with Crippen molar-refractivity contribution in [1.82, 2.24) is 40.9 Å². The van der Waals surface area contributed by atoms with Crippen LogP contribution in [0.3, 0.4) is 0 Å². The fraction of sp³-hybridized carbons (Fsp3) is 0.472. The zero-order chi connectivity index (χ0) is 66.6. The van der Waals surface area contributed by atoms with Crippen molar-refractivity contribution in [3.8, 4) is 23.0 Å². The lowest BCUT2D eigenvalue weighted by Gasteiger charge is -2.37. The van der Waals surface area contributed by atoms with E-state index in [4.69, 9.17) is 21.7 Å². The molecule has 9 rings (SSSR count). The summed E-state index contributed by atoms with van der Waals surface area (Å²) < 4.78 is 12.3. The Morgan fingerprint density at radius 2 is 1.24 bits per heavy atom. The Hall–Kier alpha value is -8.56. The summed E-state index contributed by atoms with van der Waals surface area (Å²) >= 11 is 5.74. The predicted octanol–water partition coefficient (Wildman–Crippen LogP) is 8.70. The van der Waals surface area contributed by atoms with Gasteiger partial charge in [-0.1, -0.05) is 101 Å². The van der Waals surface area contributed by atoms with Crippen molar-refractivity contribution in [3.63, 3.8) is 0 Å². The molecule has 4 aliphatic heterocycles. The molecule has 2 fully saturated rings. The maximum atomic E-state index is 14.9. The number of amides is 6. The van der Waals surface area contributed by atoms with Crippen molar-refractivity contribution in [2.24, 2.45) is 11.3 Å². The van der Waals surface area contributed by atoms with Crippen LogP contribution in [0.5, 0.6) is 23.0 Å². The number of esters is 1. The molecule has 5 aromatic rings. The number of thiocarbonyl (C=S) groups is 1. The van der Waals surface area contributed by atoms with Crippen LogP contribution in [0.2, 0.25) is 0 Å². The summed E-state index contributed by atoms with van der Waals surface area (Å²) in [6, 6.07) is 31.5. The average Bonchev–Trinajstić information content (AvgIpc) is 1.62. The SMILES string of the molecule is CC[C@@H](C)C(=O)N[C@@H](CCCNC(=S)Nc1ccc2c(c1)C(=O)OC21c2ccc(O)cc2Oc2cc(O)ccc21)C(=O)N1CCC[C@H]1CN(CCc1ccccc1)C(=O)CCCC(=O)N(CCc1ccccc1)C[C@@H]1CCCN1C(=O)[C@@H](NC(=O)[C@H](C)NC)C(C)(C)C. The van der Waals surface area contributed by atoms with Gasteiger partial charge in [0.25, 0.3) is 0 Å². The van der Waals surface area contributed by atoms with Crippen LogP contribution >= 0.6 is 12.2 Å². The van der Waals surface area contributed by atoms with Crippen molar-refractivity contribution in [2.75, 3.05) is 58.2 Å². The number of fused-ring (bicyclic) bond motifs is 6. The van der Waals surface area contributed by atoms with Gasteiger partial charge in [0.2, 0.25) is 35.4 Å². The smallest absolute Gasteiger partial charge is 0.340 e. The van der Waals surface area contributed by atoms with Crippen LogP contribution in [0.15, 0.2) is 115 Å². The molecule has 5 aromatic carbocycles. The third-order valence-corrected chi connectivity index (χ3v) is 18.8. The normalized spacial score (nSPS) is 17.3. The van der Waals surface area contributed by atoms with Crippen molar-refractivity contribution >= 4 is 64.4 Å². The Bertz CT molecular complexity index is 3460. The van der Waals surface area contributed by atoms with Gasteiger partial charge < -0.3 is 65.9 Å². The molecule has 0 aromatic heterocycles. The number of nitrogens with one attached hydrogen (secondary N) is 5. The number of phenolic OH excluding ortho intramolecular Hbond substituents is 2. The van der Waals surface area contributed by atoms with Crippen LogP contribution in [0.1, 0.15) is 144 Å². The van der Waals surface area contributed by atoms with Gasteiger partial charge >= 0.3 is 5.97 Å². The van der Waals surface area contributed by atoms with E-state index in [1.165, 1.54) is 24.3 Å². The highest BCUT2D eigenvalue weighted by molar-refractivity contribution is 7.80. The molecule has 21 heteroatoms. The van der Waals surface area contributed by atoms with Crippen molar-refractivity contribution < 1.29 is 53.2 Å². The number of hydrogen-bond acceptors (Lipinski definition) is 13.